The molecule has 29 heavy (non-hydrogen) atoms. The van der Waals surface area contributed by atoms with Gasteiger partial charge in [0.25, 0.3) is 5.91 Å². The first kappa shape index (κ1) is 21.3. The Balaban J connectivity index is 1.57. The molecule has 0 aliphatic carbocycles. The van der Waals surface area contributed by atoms with Gasteiger partial charge in [0.1, 0.15) is 5.76 Å². The van der Waals surface area contributed by atoms with Gasteiger partial charge in [0.15, 0.2) is 0 Å². The number of hydrogen-bond acceptors (Lipinski definition) is 5. The van der Waals surface area contributed by atoms with Crippen LogP contribution in [0.25, 0.3) is 0 Å². The van der Waals surface area contributed by atoms with Crippen LogP contribution in [0.1, 0.15) is 21.5 Å². The standard InChI is InChI=1S/C23H30N2O4/c1-18(4-7-22(28-3)8-11-27-2)15-24-16-20-6-5-19(14-21(20)17-24)23(26)25-9-12-29-13-10-25/h4-8,14H,1,9-13,15-17H2,2-3H3/b7-4-,22-8+. The molecule has 3 rings (SSSR count). The molecule has 156 valence electrons. The number of rotatable bonds is 8. The third-order valence-corrected chi connectivity index (χ3v) is 5.14. The van der Waals surface area contributed by atoms with Crippen LogP contribution < -0.4 is 0 Å². The van der Waals surface area contributed by atoms with E-state index in [-0.39, 0.29) is 5.91 Å². The molecule has 2 aliphatic rings. The van der Waals surface area contributed by atoms with Gasteiger partial charge in [0.05, 0.1) is 26.9 Å². The predicted octanol–water partition coefficient (Wildman–Crippen LogP) is 2.76. The lowest BCUT2D eigenvalue weighted by molar-refractivity contribution is 0.0303. The van der Waals surface area contributed by atoms with Crippen molar-refractivity contribution in [1.82, 2.24) is 9.80 Å². The summed E-state index contributed by atoms with van der Waals surface area (Å²) >= 11 is 0. The van der Waals surface area contributed by atoms with Crippen molar-refractivity contribution in [2.24, 2.45) is 0 Å². The van der Waals surface area contributed by atoms with Crippen LogP contribution in [0.2, 0.25) is 0 Å². The van der Waals surface area contributed by atoms with Crippen LogP contribution in [-0.2, 0) is 27.3 Å². The molecule has 0 saturated carbocycles. The first-order chi connectivity index (χ1) is 14.1. The zero-order chi connectivity index (χ0) is 20.6. The smallest absolute Gasteiger partial charge is 0.254 e. The second kappa shape index (κ2) is 10.4. The number of methoxy groups -OCH3 is 2. The number of carbonyl (C=O) groups excluding carboxylic acids is 1. The minimum atomic E-state index is 0.0943. The van der Waals surface area contributed by atoms with Crippen molar-refractivity contribution >= 4 is 5.91 Å². The minimum absolute atomic E-state index is 0.0943. The van der Waals surface area contributed by atoms with Crippen molar-refractivity contribution in [1.29, 1.82) is 0 Å². The number of benzene rings is 1. The average molecular weight is 399 g/mol. The third kappa shape index (κ3) is 5.79. The van der Waals surface area contributed by atoms with Gasteiger partial charge in [0, 0.05) is 45.4 Å². The maximum absolute atomic E-state index is 12.7. The van der Waals surface area contributed by atoms with Crippen LogP contribution in [0.15, 0.2) is 54.3 Å². The minimum Gasteiger partial charge on any atom is -0.497 e. The van der Waals surface area contributed by atoms with E-state index in [1.165, 1.54) is 11.1 Å². The third-order valence-electron chi connectivity index (χ3n) is 5.14. The summed E-state index contributed by atoms with van der Waals surface area (Å²) in [6.45, 7) is 9.68. The van der Waals surface area contributed by atoms with Crippen LogP contribution in [0.3, 0.4) is 0 Å². The van der Waals surface area contributed by atoms with Crippen LogP contribution >= 0.6 is 0 Å². The number of allylic oxidation sites excluding steroid dienone is 1. The highest BCUT2D eigenvalue weighted by atomic mass is 16.5. The maximum Gasteiger partial charge on any atom is 0.254 e. The largest absolute Gasteiger partial charge is 0.497 e. The van der Waals surface area contributed by atoms with E-state index in [1.54, 1.807) is 14.2 Å². The lowest BCUT2D eigenvalue weighted by Crippen LogP contribution is -2.40. The lowest BCUT2D eigenvalue weighted by Gasteiger charge is -2.27. The van der Waals surface area contributed by atoms with E-state index in [9.17, 15) is 4.79 Å². The average Bonchev–Trinajstić information content (AvgIpc) is 3.15. The molecule has 0 spiro atoms. The van der Waals surface area contributed by atoms with E-state index < -0.39 is 0 Å². The fraction of sp³-hybridized carbons (Fsp3) is 0.435. The number of hydrogen-bond donors (Lipinski definition) is 0. The summed E-state index contributed by atoms with van der Waals surface area (Å²) in [6, 6.07) is 6.07. The predicted molar refractivity (Wildman–Crippen MR) is 113 cm³/mol. The van der Waals surface area contributed by atoms with Gasteiger partial charge in [0.2, 0.25) is 0 Å². The molecule has 0 aromatic heterocycles. The van der Waals surface area contributed by atoms with Gasteiger partial charge in [-0.3, -0.25) is 9.69 Å². The quantitative estimate of drug-likeness (QED) is 0.498. The van der Waals surface area contributed by atoms with Crippen molar-refractivity contribution in [2.45, 2.75) is 13.1 Å². The van der Waals surface area contributed by atoms with E-state index in [2.05, 4.69) is 17.5 Å². The summed E-state index contributed by atoms with van der Waals surface area (Å²) in [6.07, 6.45) is 5.76. The van der Waals surface area contributed by atoms with Crippen molar-refractivity contribution in [3.05, 3.63) is 71.0 Å². The fourth-order valence-corrected chi connectivity index (χ4v) is 3.58. The Morgan fingerprint density at radius 2 is 1.93 bits per heavy atom. The highest BCUT2D eigenvalue weighted by molar-refractivity contribution is 5.94. The van der Waals surface area contributed by atoms with Crippen LogP contribution in [0.4, 0.5) is 0 Å². The molecule has 1 amide bonds. The molecular weight excluding hydrogens is 368 g/mol. The van der Waals surface area contributed by atoms with Crippen LogP contribution in [0.5, 0.6) is 0 Å². The highest BCUT2D eigenvalue weighted by Gasteiger charge is 2.23. The Kier molecular flexibility index (Phi) is 7.63. The number of nitrogens with zero attached hydrogens (tertiary/aromatic N) is 2. The number of carbonyl (C=O) groups is 1. The van der Waals surface area contributed by atoms with Gasteiger partial charge in [-0.1, -0.05) is 18.7 Å². The molecule has 2 aliphatic heterocycles. The maximum atomic E-state index is 12.7. The lowest BCUT2D eigenvalue weighted by atomic mass is 10.1. The second-order valence-corrected chi connectivity index (χ2v) is 7.29. The molecule has 1 aromatic carbocycles. The topological polar surface area (TPSA) is 51.2 Å². The van der Waals surface area contributed by atoms with Gasteiger partial charge in [-0.2, -0.15) is 0 Å². The Bertz CT molecular complexity index is 794. The van der Waals surface area contributed by atoms with Gasteiger partial charge < -0.3 is 19.1 Å². The van der Waals surface area contributed by atoms with E-state index in [4.69, 9.17) is 14.2 Å². The SMILES string of the molecule is C=C(/C=C\C(=C/COC)OC)CN1Cc2ccc(C(=O)N3CCOCC3)cc2C1. The molecule has 0 atom stereocenters. The summed E-state index contributed by atoms with van der Waals surface area (Å²) in [4.78, 5) is 16.9. The molecule has 1 aromatic rings. The number of amides is 1. The molecule has 6 nitrogen and oxygen atoms in total. The molecule has 0 unspecified atom stereocenters. The Hall–Kier alpha value is -2.41. The molecule has 0 radical (unpaired) electrons. The van der Waals surface area contributed by atoms with Crippen molar-refractivity contribution < 1.29 is 19.0 Å². The summed E-state index contributed by atoms with van der Waals surface area (Å²) < 4.78 is 15.7. The molecule has 0 N–H and O–H groups in total. The summed E-state index contributed by atoms with van der Waals surface area (Å²) in [5, 5.41) is 0. The Labute approximate surface area is 173 Å². The summed E-state index contributed by atoms with van der Waals surface area (Å²) in [7, 11) is 3.29. The first-order valence-electron chi connectivity index (χ1n) is 9.91. The highest BCUT2D eigenvalue weighted by Crippen LogP contribution is 2.25. The van der Waals surface area contributed by atoms with Crippen molar-refractivity contribution in [2.75, 3.05) is 53.7 Å². The van der Waals surface area contributed by atoms with Crippen molar-refractivity contribution in [3.63, 3.8) is 0 Å². The van der Waals surface area contributed by atoms with Crippen LogP contribution in [-0.4, -0.2) is 69.4 Å². The van der Waals surface area contributed by atoms with Gasteiger partial charge in [-0.25, -0.2) is 0 Å². The summed E-state index contributed by atoms with van der Waals surface area (Å²) in [5.41, 5.74) is 4.26. The van der Waals surface area contributed by atoms with Gasteiger partial charge >= 0.3 is 0 Å². The van der Waals surface area contributed by atoms with Crippen LogP contribution in [0, 0.1) is 0 Å². The van der Waals surface area contributed by atoms with E-state index in [0.29, 0.717) is 32.9 Å². The normalized spacial score (nSPS) is 17.6. The molecule has 1 saturated heterocycles. The zero-order valence-corrected chi connectivity index (χ0v) is 17.4. The first-order valence-corrected chi connectivity index (χ1v) is 9.91. The molecule has 6 heteroatoms. The fourth-order valence-electron chi connectivity index (χ4n) is 3.58. The molecule has 1 fully saturated rings. The Morgan fingerprint density at radius 1 is 1.17 bits per heavy atom. The number of fused-ring (bicyclic) bond motifs is 1. The zero-order valence-electron chi connectivity index (χ0n) is 17.4. The van der Waals surface area contributed by atoms with E-state index >= 15 is 0 Å². The summed E-state index contributed by atoms with van der Waals surface area (Å²) in [5.74, 6) is 0.848. The number of ether oxygens (including phenoxy) is 3. The van der Waals surface area contributed by atoms with Crippen molar-refractivity contribution in [3.8, 4) is 0 Å². The monoisotopic (exact) mass is 398 g/mol. The number of morpholine rings is 1. The van der Waals surface area contributed by atoms with Gasteiger partial charge in [-0.05, 0) is 41.0 Å². The Morgan fingerprint density at radius 3 is 2.66 bits per heavy atom. The van der Waals surface area contributed by atoms with E-state index in [0.717, 1.165) is 36.5 Å². The molecule has 0 bridgehead atoms. The second-order valence-electron chi connectivity index (χ2n) is 7.29. The van der Waals surface area contributed by atoms with Gasteiger partial charge in [-0.15, -0.1) is 0 Å². The molecule has 2 heterocycles. The molecular formula is C23H30N2O4. The van der Waals surface area contributed by atoms with E-state index in [1.807, 2.05) is 35.3 Å².